The van der Waals surface area contributed by atoms with E-state index in [2.05, 4.69) is 0 Å². The van der Waals surface area contributed by atoms with Gasteiger partial charge in [-0.15, -0.1) is 0 Å². The molecule has 8 nitrogen and oxygen atoms in total. The second kappa shape index (κ2) is 9.27. The van der Waals surface area contributed by atoms with Gasteiger partial charge in [0.15, 0.2) is 12.4 Å². The Morgan fingerprint density at radius 1 is 1.04 bits per heavy atom. The molecule has 2 saturated heterocycles. The summed E-state index contributed by atoms with van der Waals surface area (Å²) < 4.78 is 33.9. The third-order valence-corrected chi connectivity index (χ3v) is 4.31. The van der Waals surface area contributed by atoms with Gasteiger partial charge in [0, 0.05) is 13.8 Å². The topological polar surface area (TPSA) is 89.5 Å². The first-order chi connectivity index (χ1) is 13.0. The van der Waals surface area contributed by atoms with Crippen LogP contribution in [0.1, 0.15) is 19.4 Å². The summed E-state index contributed by atoms with van der Waals surface area (Å²) in [5.41, 5.74) is 0.968. The van der Waals surface area contributed by atoms with Crippen LogP contribution in [0, 0.1) is 0 Å². The molecular weight excluding hydrogens is 356 g/mol. The Morgan fingerprint density at radius 3 is 2.48 bits per heavy atom. The van der Waals surface area contributed by atoms with Gasteiger partial charge in [-0.2, -0.15) is 0 Å². The van der Waals surface area contributed by atoms with Crippen LogP contribution >= 0.6 is 0 Å². The number of rotatable bonds is 6. The summed E-state index contributed by atoms with van der Waals surface area (Å²) in [6.45, 7) is 3.60. The van der Waals surface area contributed by atoms with Gasteiger partial charge in [-0.1, -0.05) is 30.3 Å². The van der Waals surface area contributed by atoms with Crippen LogP contribution < -0.4 is 0 Å². The van der Waals surface area contributed by atoms with Crippen LogP contribution in [0.2, 0.25) is 0 Å². The number of hydrogen-bond acceptors (Lipinski definition) is 8. The molecule has 27 heavy (non-hydrogen) atoms. The number of carbonyl (C=O) groups excluding carboxylic acids is 2. The van der Waals surface area contributed by atoms with Crippen molar-refractivity contribution in [1.29, 1.82) is 0 Å². The Morgan fingerprint density at radius 2 is 1.78 bits per heavy atom. The fraction of sp³-hybridized carbons (Fsp3) is 0.579. The highest BCUT2D eigenvalue weighted by Crippen LogP contribution is 2.31. The maximum Gasteiger partial charge on any atom is 0.303 e. The molecule has 5 unspecified atom stereocenters. The van der Waals surface area contributed by atoms with Crippen LogP contribution in [0.15, 0.2) is 30.3 Å². The van der Waals surface area contributed by atoms with Gasteiger partial charge in [0.2, 0.25) is 0 Å². The van der Waals surface area contributed by atoms with Crippen LogP contribution in [0.25, 0.3) is 0 Å². The van der Waals surface area contributed by atoms with E-state index in [1.165, 1.54) is 13.8 Å². The molecule has 0 bridgehead atoms. The minimum atomic E-state index is -0.798. The molecule has 5 atom stereocenters. The molecule has 0 aliphatic carbocycles. The molecule has 2 fully saturated rings. The van der Waals surface area contributed by atoms with Gasteiger partial charge in [-0.05, 0) is 5.56 Å². The average molecular weight is 380 g/mol. The maximum atomic E-state index is 11.7. The van der Waals surface area contributed by atoms with E-state index in [1.807, 2.05) is 30.3 Å². The van der Waals surface area contributed by atoms with Crippen molar-refractivity contribution in [2.75, 3.05) is 19.8 Å². The monoisotopic (exact) mass is 380 g/mol. The van der Waals surface area contributed by atoms with Crippen molar-refractivity contribution in [2.45, 2.75) is 51.2 Å². The van der Waals surface area contributed by atoms with Gasteiger partial charge < -0.3 is 28.4 Å². The van der Waals surface area contributed by atoms with Gasteiger partial charge in [-0.25, -0.2) is 0 Å². The van der Waals surface area contributed by atoms with Gasteiger partial charge >= 0.3 is 11.9 Å². The second-order valence-corrected chi connectivity index (χ2v) is 6.39. The zero-order valence-electron chi connectivity index (χ0n) is 15.4. The van der Waals surface area contributed by atoms with Crippen LogP contribution in [0.3, 0.4) is 0 Å². The quantitative estimate of drug-likeness (QED) is 0.681. The fourth-order valence-corrected chi connectivity index (χ4v) is 3.16. The van der Waals surface area contributed by atoms with E-state index in [0.29, 0.717) is 19.8 Å². The van der Waals surface area contributed by atoms with Crippen LogP contribution in [0.4, 0.5) is 0 Å². The molecule has 2 aliphatic rings. The zero-order valence-corrected chi connectivity index (χ0v) is 15.4. The van der Waals surface area contributed by atoms with E-state index >= 15 is 0 Å². The SMILES string of the molecule is CC(=O)OCC1OC2OCCOC2C(OCc2ccccc2)C1OC(C)=O. The molecule has 2 heterocycles. The van der Waals surface area contributed by atoms with Crippen molar-refractivity contribution in [3.63, 3.8) is 0 Å². The largest absolute Gasteiger partial charge is 0.463 e. The molecule has 0 amide bonds. The Bertz CT molecular complexity index is 634. The second-order valence-electron chi connectivity index (χ2n) is 6.39. The summed E-state index contributed by atoms with van der Waals surface area (Å²) in [6.07, 6.45) is -3.39. The van der Waals surface area contributed by atoms with Gasteiger partial charge in [0.05, 0.1) is 19.8 Å². The molecule has 1 aromatic rings. The van der Waals surface area contributed by atoms with Crippen molar-refractivity contribution < 1.29 is 38.0 Å². The Labute approximate surface area is 157 Å². The lowest BCUT2D eigenvalue weighted by Crippen LogP contribution is -2.63. The molecule has 0 radical (unpaired) electrons. The molecule has 0 aromatic heterocycles. The normalized spacial score (nSPS) is 30.2. The Hall–Kier alpha value is -2.00. The van der Waals surface area contributed by atoms with Gasteiger partial charge in [0.25, 0.3) is 0 Å². The maximum absolute atomic E-state index is 11.7. The summed E-state index contributed by atoms with van der Waals surface area (Å²) >= 11 is 0. The molecule has 3 rings (SSSR count). The molecule has 148 valence electrons. The zero-order chi connectivity index (χ0) is 19.2. The number of esters is 2. The summed E-state index contributed by atoms with van der Waals surface area (Å²) in [6, 6.07) is 9.62. The van der Waals surface area contributed by atoms with E-state index in [1.54, 1.807) is 0 Å². The molecule has 0 spiro atoms. The Balaban J connectivity index is 1.79. The first-order valence-electron chi connectivity index (χ1n) is 8.89. The van der Waals surface area contributed by atoms with Crippen LogP contribution in [-0.2, 0) is 44.6 Å². The molecule has 1 aromatic carbocycles. The highest BCUT2D eigenvalue weighted by molar-refractivity contribution is 5.66. The third-order valence-electron chi connectivity index (χ3n) is 4.31. The van der Waals surface area contributed by atoms with E-state index in [4.69, 9.17) is 28.4 Å². The lowest BCUT2D eigenvalue weighted by atomic mass is 9.97. The number of carbonyl (C=O) groups is 2. The number of hydrogen-bond donors (Lipinski definition) is 0. The number of ether oxygens (including phenoxy) is 6. The lowest BCUT2D eigenvalue weighted by molar-refractivity contribution is -0.342. The highest BCUT2D eigenvalue weighted by atomic mass is 16.7. The predicted octanol–water partition coefficient (Wildman–Crippen LogP) is 1.21. The van der Waals surface area contributed by atoms with E-state index in [9.17, 15) is 9.59 Å². The van der Waals surface area contributed by atoms with E-state index in [-0.39, 0.29) is 6.61 Å². The molecular formula is C19H24O8. The average Bonchev–Trinajstić information content (AvgIpc) is 2.66. The summed E-state index contributed by atoms with van der Waals surface area (Å²) in [4.78, 5) is 22.9. The predicted molar refractivity (Wildman–Crippen MR) is 91.6 cm³/mol. The molecule has 2 aliphatic heterocycles. The Kier molecular flexibility index (Phi) is 6.78. The number of fused-ring (bicyclic) bond motifs is 1. The van der Waals surface area contributed by atoms with E-state index in [0.717, 1.165) is 5.56 Å². The number of benzene rings is 1. The lowest BCUT2D eigenvalue weighted by Gasteiger charge is -2.46. The minimum Gasteiger partial charge on any atom is -0.463 e. The van der Waals surface area contributed by atoms with E-state index < -0.39 is 42.6 Å². The molecule has 0 N–H and O–H groups in total. The van der Waals surface area contributed by atoms with Crippen molar-refractivity contribution in [3.05, 3.63) is 35.9 Å². The van der Waals surface area contributed by atoms with Crippen molar-refractivity contribution in [2.24, 2.45) is 0 Å². The van der Waals surface area contributed by atoms with Crippen LogP contribution in [-0.4, -0.2) is 62.5 Å². The van der Waals surface area contributed by atoms with Crippen molar-refractivity contribution in [3.8, 4) is 0 Å². The minimum absolute atomic E-state index is 0.0783. The van der Waals surface area contributed by atoms with Gasteiger partial charge in [-0.3, -0.25) is 9.59 Å². The third kappa shape index (κ3) is 5.26. The van der Waals surface area contributed by atoms with Crippen molar-refractivity contribution >= 4 is 11.9 Å². The highest BCUT2D eigenvalue weighted by Gasteiger charge is 2.51. The first-order valence-corrected chi connectivity index (χ1v) is 8.89. The smallest absolute Gasteiger partial charge is 0.303 e. The summed E-state index contributed by atoms with van der Waals surface area (Å²) in [5.74, 6) is -0.940. The van der Waals surface area contributed by atoms with Gasteiger partial charge in [0.1, 0.15) is 24.9 Å². The van der Waals surface area contributed by atoms with Crippen LogP contribution in [0.5, 0.6) is 0 Å². The van der Waals surface area contributed by atoms with Crippen molar-refractivity contribution in [1.82, 2.24) is 0 Å². The summed E-state index contributed by atoms with van der Waals surface area (Å²) in [5, 5.41) is 0. The molecule has 8 heteroatoms. The summed E-state index contributed by atoms with van der Waals surface area (Å²) in [7, 11) is 0. The first kappa shape index (κ1) is 19.8. The molecule has 0 saturated carbocycles. The fourth-order valence-electron chi connectivity index (χ4n) is 3.16. The standard InChI is InChI=1S/C19H24O8/c1-12(20)24-11-15-16(26-13(2)21)17(18-19(27-15)23-9-8-22-18)25-10-14-6-4-3-5-7-14/h3-7,15-19H,8-11H2,1-2H3.